The molecule has 0 atom stereocenters. The van der Waals surface area contributed by atoms with Gasteiger partial charge in [0.05, 0.1) is 17.9 Å². The Morgan fingerprint density at radius 2 is 1.85 bits per heavy atom. The highest BCUT2D eigenvalue weighted by Gasteiger charge is 2.10. The lowest BCUT2D eigenvalue weighted by Crippen LogP contribution is -2.28. The van der Waals surface area contributed by atoms with Gasteiger partial charge in [0.1, 0.15) is 5.75 Å². The molecule has 2 rings (SSSR count). The normalized spacial score (nSPS) is 10.3. The van der Waals surface area contributed by atoms with Gasteiger partial charge >= 0.3 is 5.97 Å². The molecule has 1 amide bonds. The molecule has 0 bridgehead atoms. The van der Waals surface area contributed by atoms with Crippen LogP contribution in [-0.4, -0.2) is 31.3 Å². The second kappa shape index (κ2) is 10.3. The molecule has 0 unspecified atom stereocenters. The quantitative estimate of drug-likeness (QED) is 0.524. The van der Waals surface area contributed by atoms with Gasteiger partial charge in [0.15, 0.2) is 6.61 Å². The average Bonchev–Trinajstić information content (AvgIpc) is 2.65. The maximum Gasteiger partial charge on any atom is 0.316 e. The third-order valence-corrected chi connectivity index (χ3v) is 4.96. The van der Waals surface area contributed by atoms with Gasteiger partial charge in [0.25, 0.3) is 5.91 Å². The van der Waals surface area contributed by atoms with Crippen molar-refractivity contribution in [1.82, 2.24) is 5.32 Å². The van der Waals surface area contributed by atoms with Crippen molar-refractivity contribution >= 4 is 46.8 Å². The molecule has 2 aromatic rings. The summed E-state index contributed by atoms with van der Waals surface area (Å²) in [5, 5.41) is 3.71. The van der Waals surface area contributed by atoms with E-state index in [1.54, 1.807) is 37.4 Å². The number of amides is 1. The monoisotopic (exact) mass is 413 g/mol. The van der Waals surface area contributed by atoms with E-state index in [-0.39, 0.29) is 18.3 Å². The van der Waals surface area contributed by atoms with Crippen LogP contribution in [0.3, 0.4) is 0 Å². The van der Waals surface area contributed by atoms with E-state index in [1.807, 2.05) is 12.1 Å². The van der Waals surface area contributed by atoms with Crippen molar-refractivity contribution in [3.8, 4) is 5.75 Å². The number of carbonyl (C=O) groups is 2. The molecule has 0 fully saturated rings. The number of esters is 1. The second-order valence-corrected chi connectivity index (χ2v) is 7.01. The first-order chi connectivity index (χ1) is 12.5. The molecule has 0 aliphatic rings. The summed E-state index contributed by atoms with van der Waals surface area (Å²) in [5.41, 5.74) is 0.914. The van der Waals surface area contributed by atoms with Crippen LogP contribution in [0.4, 0.5) is 0 Å². The lowest BCUT2D eigenvalue weighted by atomic mass is 10.2. The van der Waals surface area contributed by atoms with Gasteiger partial charge in [-0.3, -0.25) is 9.59 Å². The highest BCUT2D eigenvalue weighted by atomic mass is 35.5. The molecule has 0 saturated carbocycles. The Hall–Kier alpha value is -1.89. The van der Waals surface area contributed by atoms with Crippen LogP contribution in [0.5, 0.6) is 5.75 Å². The van der Waals surface area contributed by atoms with Gasteiger partial charge in [0.2, 0.25) is 0 Å². The molecule has 0 aromatic heterocycles. The summed E-state index contributed by atoms with van der Waals surface area (Å²) in [6, 6.07) is 12.3. The summed E-state index contributed by atoms with van der Waals surface area (Å²) in [6.45, 7) is 0.00603. The zero-order valence-corrected chi connectivity index (χ0v) is 16.3. The molecule has 0 radical (unpaired) electrons. The molecular weight excluding hydrogens is 397 g/mol. The van der Waals surface area contributed by atoms with E-state index in [1.165, 1.54) is 11.8 Å². The molecule has 8 heteroatoms. The Morgan fingerprint density at radius 3 is 2.54 bits per heavy atom. The molecule has 0 saturated heterocycles. The first-order valence-corrected chi connectivity index (χ1v) is 9.35. The SMILES string of the molecule is COc1ccc(CNC(=O)COC(=O)CSc2cc(Cl)ccc2Cl)cc1. The first-order valence-electron chi connectivity index (χ1n) is 7.61. The fourth-order valence-corrected chi connectivity index (χ4v) is 3.20. The van der Waals surface area contributed by atoms with E-state index in [0.717, 1.165) is 11.3 Å². The second-order valence-electron chi connectivity index (χ2n) is 5.15. The average molecular weight is 414 g/mol. The zero-order valence-electron chi connectivity index (χ0n) is 14.0. The number of hydrogen-bond acceptors (Lipinski definition) is 5. The molecule has 0 spiro atoms. The highest BCUT2D eigenvalue weighted by Crippen LogP contribution is 2.29. The molecule has 0 heterocycles. The van der Waals surface area contributed by atoms with Crippen LogP contribution in [0.1, 0.15) is 5.56 Å². The summed E-state index contributed by atoms with van der Waals surface area (Å²) in [7, 11) is 1.59. The number of rotatable bonds is 8. The molecule has 26 heavy (non-hydrogen) atoms. The standard InChI is InChI=1S/C18H17Cl2NO4S/c1-24-14-5-2-12(3-6-14)9-21-17(22)10-25-18(23)11-26-16-8-13(19)4-7-15(16)20/h2-8H,9-11H2,1H3,(H,21,22). The summed E-state index contributed by atoms with van der Waals surface area (Å²) in [4.78, 5) is 24.2. The highest BCUT2D eigenvalue weighted by molar-refractivity contribution is 8.00. The van der Waals surface area contributed by atoms with Crippen LogP contribution in [-0.2, 0) is 20.9 Å². The molecule has 2 aromatic carbocycles. The van der Waals surface area contributed by atoms with Gasteiger partial charge in [-0.15, -0.1) is 11.8 Å². The maximum atomic E-state index is 11.8. The summed E-state index contributed by atoms with van der Waals surface area (Å²) in [5.74, 6) is -0.108. The molecule has 1 N–H and O–H groups in total. The topological polar surface area (TPSA) is 64.6 Å². The third-order valence-electron chi connectivity index (χ3n) is 3.25. The van der Waals surface area contributed by atoms with E-state index in [4.69, 9.17) is 32.7 Å². The van der Waals surface area contributed by atoms with Gasteiger partial charge in [-0.1, -0.05) is 35.3 Å². The van der Waals surface area contributed by atoms with Crippen molar-refractivity contribution in [3.63, 3.8) is 0 Å². The van der Waals surface area contributed by atoms with Crippen LogP contribution < -0.4 is 10.1 Å². The molecule has 0 aliphatic heterocycles. The van der Waals surface area contributed by atoms with Crippen LogP contribution in [0, 0.1) is 0 Å². The molecule has 5 nitrogen and oxygen atoms in total. The van der Waals surface area contributed by atoms with Crippen molar-refractivity contribution in [2.45, 2.75) is 11.4 Å². The van der Waals surface area contributed by atoms with E-state index in [0.29, 0.717) is 21.5 Å². The number of methoxy groups -OCH3 is 1. The predicted octanol–water partition coefficient (Wildman–Crippen LogP) is 3.95. The minimum Gasteiger partial charge on any atom is -0.497 e. The Labute approximate surface area is 166 Å². The zero-order chi connectivity index (χ0) is 18.9. The van der Waals surface area contributed by atoms with Crippen molar-refractivity contribution in [2.24, 2.45) is 0 Å². The van der Waals surface area contributed by atoms with Crippen LogP contribution in [0.15, 0.2) is 47.4 Å². The summed E-state index contributed by atoms with van der Waals surface area (Å²) >= 11 is 13.1. The van der Waals surface area contributed by atoms with E-state index >= 15 is 0 Å². The van der Waals surface area contributed by atoms with Gasteiger partial charge in [-0.05, 0) is 35.9 Å². The van der Waals surface area contributed by atoms with Crippen LogP contribution >= 0.6 is 35.0 Å². The minimum absolute atomic E-state index is 0.0336. The number of halogens is 2. The Morgan fingerprint density at radius 1 is 1.12 bits per heavy atom. The molecule has 0 aliphatic carbocycles. The number of nitrogens with one attached hydrogen (secondary N) is 1. The number of benzene rings is 2. The fourth-order valence-electron chi connectivity index (χ4n) is 1.91. The maximum absolute atomic E-state index is 11.8. The lowest BCUT2D eigenvalue weighted by Gasteiger charge is -2.08. The number of ether oxygens (including phenoxy) is 2. The van der Waals surface area contributed by atoms with Gasteiger partial charge in [-0.25, -0.2) is 0 Å². The van der Waals surface area contributed by atoms with Crippen molar-refractivity contribution < 1.29 is 19.1 Å². The third kappa shape index (κ3) is 6.78. The van der Waals surface area contributed by atoms with Crippen molar-refractivity contribution in [2.75, 3.05) is 19.5 Å². The molecular formula is C18H17Cl2NO4S. The largest absolute Gasteiger partial charge is 0.497 e. The van der Waals surface area contributed by atoms with Gasteiger partial charge in [-0.2, -0.15) is 0 Å². The number of carbonyl (C=O) groups excluding carboxylic acids is 2. The summed E-state index contributed by atoms with van der Waals surface area (Å²) < 4.78 is 10.0. The van der Waals surface area contributed by atoms with E-state index in [9.17, 15) is 9.59 Å². The first kappa shape index (κ1) is 20.4. The van der Waals surface area contributed by atoms with Crippen LogP contribution in [0.2, 0.25) is 10.0 Å². The molecule has 138 valence electrons. The van der Waals surface area contributed by atoms with Gasteiger partial charge < -0.3 is 14.8 Å². The Kier molecular flexibility index (Phi) is 8.09. The van der Waals surface area contributed by atoms with Crippen molar-refractivity contribution in [1.29, 1.82) is 0 Å². The Balaban J connectivity index is 1.69. The Bertz CT molecular complexity index is 768. The van der Waals surface area contributed by atoms with Crippen LogP contribution in [0.25, 0.3) is 0 Å². The predicted molar refractivity (Wildman–Crippen MR) is 103 cm³/mol. The van der Waals surface area contributed by atoms with Crippen molar-refractivity contribution in [3.05, 3.63) is 58.1 Å². The van der Waals surface area contributed by atoms with E-state index in [2.05, 4.69) is 5.32 Å². The van der Waals surface area contributed by atoms with Gasteiger partial charge in [0, 0.05) is 16.5 Å². The van der Waals surface area contributed by atoms with E-state index < -0.39 is 5.97 Å². The number of thioether (sulfide) groups is 1. The number of hydrogen-bond donors (Lipinski definition) is 1. The fraction of sp³-hybridized carbons (Fsp3) is 0.222. The lowest BCUT2D eigenvalue weighted by molar-refractivity contribution is -0.145. The summed E-state index contributed by atoms with van der Waals surface area (Å²) in [6.07, 6.45) is 0. The smallest absolute Gasteiger partial charge is 0.316 e. The minimum atomic E-state index is -0.509.